The van der Waals surface area contributed by atoms with Gasteiger partial charge in [-0.25, -0.2) is 0 Å². The van der Waals surface area contributed by atoms with Crippen LogP contribution in [0.2, 0.25) is 0 Å². The summed E-state index contributed by atoms with van der Waals surface area (Å²) in [6.45, 7) is 5.25. The Morgan fingerprint density at radius 2 is 1.41 bits per heavy atom. The minimum Gasteiger partial charge on any atom is -0.353 e. The van der Waals surface area contributed by atoms with Crippen LogP contribution in [-0.2, 0) is 17.9 Å². The van der Waals surface area contributed by atoms with Gasteiger partial charge in [0.15, 0.2) is 11.6 Å². The summed E-state index contributed by atoms with van der Waals surface area (Å²) >= 11 is 0. The first kappa shape index (κ1) is 28.3. The summed E-state index contributed by atoms with van der Waals surface area (Å²) in [6.07, 6.45) is 0.906. The van der Waals surface area contributed by atoms with Crippen LogP contribution in [0.25, 0.3) is 0 Å². The van der Waals surface area contributed by atoms with Crippen LogP contribution in [0.15, 0.2) is 60.7 Å². The number of aromatic nitrogens is 1. The number of rotatable bonds is 6. The van der Waals surface area contributed by atoms with Crippen molar-refractivity contribution in [2.75, 3.05) is 45.8 Å². The van der Waals surface area contributed by atoms with Crippen molar-refractivity contribution in [1.82, 2.24) is 31.2 Å². The fraction of sp³-hybridized carbons (Fsp3) is 0.323. The second-order valence-electron chi connectivity index (χ2n) is 10.2. The molecule has 10 nitrogen and oxygen atoms in total. The van der Waals surface area contributed by atoms with Crippen molar-refractivity contribution < 1.29 is 19.2 Å². The van der Waals surface area contributed by atoms with Crippen molar-refractivity contribution in [3.05, 3.63) is 99.9 Å². The van der Waals surface area contributed by atoms with E-state index >= 15 is 0 Å². The van der Waals surface area contributed by atoms with E-state index in [-0.39, 0.29) is 54.1 Å². The summed E-state index contributed by atoms with van der Waals surface area (Å²) in [6, 6.07) is 17.3. The number of nitrogens with zero attached hydrogens (tertiary/aromatic N) is 2. The third-order valence-corrected chi connectivity index (χ3v) is 7.20. The van der Waals surface area contributed by atoms with Gasteiger partial charge in [-0.1, -0.05) is 30.3 Å². The standard InChI is InChI=1S/C31H34N6O4/c38-28(20-37-15-4-11-32-18-22-5-3-6-23(36-22)19-33-14-16-37)34-12-13-35-31(41)21-9-10-26-27(17-21)30(40)25-8-2-1-7-24(25)29(26)39/h1-3,5-10,17,32-33H,4,11-16,18-20H2,(H,34,38)(H,35,41). The summed E-state index contributed by atoms with van der Waals surface area (Å²) in [5, 5.41) is 12.5. The Morgan fingerprint density at radius 1 is 0.756 bits per heavy atom. The molecule has 2 amide bonds. The molecule has 2 aliphatic rings. The largest absolute Gasteiger partial charge is 0.353 e. The molecular formula is C31H34N6O4. The van der Waals surface area contributed by atoms with Gasteiger partial charge in [0.25, 0.3) is 5.91 Å². The van der Waals surface area contributed by atoms with Crippen LogP contribution >= 0.6 is 0 Å². The highest BCUT2D eigenvalue weighted by atomic mass is 16.2. The van der Waals surface area contributed by atoms with Crippen LogP contribution < -0.4 is 21.3 Å². The summed E-state index contributed by atoms with van der Waals surface area (Å²) in [7, 11) is 0. The van der Waals surface area contributed by atoms with Crippen molar-refractivity contribution in [1.29, 1.82) is 0 Å². The Bertz CT molecular complexity index is 1460. The number of carbonyl (C=O) groups excluding carboxylic acids is 4. The molecule has 10 heteroatoms. The molecule has 5 rings (SSSR count). The quantitative estimate of drug-likeness (QED) is 0.262. The van der Waals surface area contributed by atoms with Crippen molar-refractivity contribution in [3.63, 3.8) is 0 Å². The van der Waals surface area contributed by atoms with E-state index in [0.29, 0.717) is 29.8 Å². The van der Waals surface area contributed by atoms with E-state index in [9.17, 15) is 19.2 Å². The van der Waals surface area contributed by atoms with Gasteiger partial charge in [-0.05, 0) is 49.8 Å². The van der Waals surface area contributed by atoms with Gasteiger partial charge in [-0.3, -0.25) is 29.1 Å². The molecule has 3 aromatic rings. The predicted molar refractivity (Wildman–Crippen MR) is 154 cm³/mol. The zero-order valence-electron chi connectivity index (χ0n) is 22.9. The Hall–Kier alpha value is -4.25. The van der Waals surface area contributed by atoms with Crippen LogP contribution in [0, 0.1) is 0 Å². The third-order valence-electron chi connectivity index (χ3n) is 7.20. The number of hydrogen-bond acceptors (Lipinski definition) is 8. The molecule has 0 saturated carbocycles. The maximum atomic E-state index is 12.9. The van der Waals surface area contributed by atoms with Crippen molar-refractivity contribution >= 4 is 23.4 Å². The molecule has 212 valence electrons. The van der Waals surface area contributed by atoms with Crippen LogP contribution in [0.5, 0.6) is 0 Å². The van der Waals surface area contributed by atoms with Gasteiger partial charge in [0.2, 0.25) is 5.91 Å². The Kier molecular flexibility index (Phi) is 9.25. The average molecular weight is 555 g/mol. The number of benzene rings is 2. The van der Waals surface area contributed by atoms with Crippen LogP contribution in [0.3, 0.4) is 0 Å². The summed E-state index contributed by atoms with van der Waals surface area (Å²) in [4.78, 5) is 57.9. The van der Waals surface area contributed by atoms with Gasteiger partial charge in [-0.2, -0.15) is 0 Å². The van der Waals surface area contributed by atoms with Crippen molar-refractivity contribution in [2.24, 2.45) is 0 Å². The predicted octanol–water partition coefficient (Wildman–Crippen LogP) is 1.29. The van der Waals surface area contributed by atoms with Crippen LogP contribution in [0.1, 0.15) is 60.0 Å². The maximum Gasteiger partial charge on any atom is 0.251 e. The number of amides is 2. The Morgan fingerprint density at radius 3 is 2.17 bits per heavy atom. The van der Waals surface area contributed by atoms with Crippen LogP contribution in [-0.4, -0.2) is 79.1 Å². The van der Waals surface area contributed by atoms with Gasteiger partial charge in [0.1, 0.15) is 0 Å². The highest BCUT2D eigenvalue weighted by Crippen LogP contribution is 2.27. The minimum absolute atomic E-state index is 0.110. The highest BCUT2D eigenvalue weighted by Gasteiger charge is 2.29. The molecule has 1 aliphatic heterocycles. The molecule has 0 unspecified atom stereocenters. The molecule has 0 spiro atoms. The molecule has 2 heterocycles. The number of nitrogens with one attached hydrogen (secondary N) is 4. The monoisotopic (exact) mass is 554 g/mol. The SMILES string of the molecule is O=C(CN1CCCNCc2cccc(n2)CNCC1)NCCNC(=O)c1ccc2c(c1)C(=O)c1ccccc1C2=O. The van der Waals surface area contributed by atoms with E-state index in [4.69, 9.17) is 0 Å². The fourth-order valence-electron chi connectivity index (χ4n) is 5.07. The lowest BCUT2D eigenvalue weighted by molar-refractivity contribution is -0.122. The molecule has 2 aromatic carbocycles. The van der Waals surface area contributed by atoms with Crippen molar-refractivity contribution in [2.45, 2.75) is 19.5 Å². The maximum absolute atomic E-state index is 12.9. The molecule has 41 heavy (non-hydrogen) atoms. The molecule has 0 atom stereocenters. The first-order valence-corrected chi connectivity index (χ1v) is 14.0. The molecule has 1 aromatic heterocycles. The number of pyridine rings is 1. The lowest BCUT2D eigenvalue weighted by Gasteiger charge is -2.22. The molecular weight excluding hydrogens is 520 g/mol. The smallest absolute Gasteiger partial charge is 0.251 e. The number of carbonyl (C=O) groups is 4. The second kappa shape index (κ2) is 13.4. The first-order valence-electron chi connectivity index (χ1n) is 14.0. The van der Waals surface area contributed by atoms with Gasteiger partial charge >= 0.3 is 0 Å². The van der Waals surface area contributed by atoms with Crippen LogP contribution in [0.4, 0.5) is 0 Å². The summed E-state index contributed by atoms with van der Waals surface area (Å²) < 4.78 is 0. The van der Waals surface area contributed by atoms with Gasteiger partial charge in [0.05, 0.1) is 17.9 Å². The summed E-state index contributed by atoms with van der Waals surface area (Å²) in [5.74, 6) is -0.984. The fourth-order valence-corrected chi connectivity index (χ4v) is 5.07. The van der Waals surface area contributed by atoms with E-state index in [0.717, 1.165) is 44.0 Å². The second-order valence-corrected chi connectivity index (χ2v) is 10.2. The minimum atomic E-state index is -0.376. The van der Waals surface area contributed by atoms with Gasteiger partial charge in [-0.15, -0.1) is 0 Å². The van der Waals surface area contributed by atoms with E-state index in [2.05, 4.69) is 31.2 Å². The molecule has 2 bridgehead atoms. The van der Waals surface area contributed by atoms with Gasteiger partial charge < -0.3 is 21.3 Å². The summed E-state index contributed by atoms with van der Waals surface area (Å²) in [5.41, 5.74) is 3.55. The topological polar surface area (TPSA) is 133 Å². The number of ketones is 2. The highest BCUT2D eigenvalue weighted by molar-refractivity contribution is 6.28. The number of hydrogen-bond donors (Lipinski definition) is 4. The Balaban J connectivity index is 1.07. The van der Waals surface area contributed by atoms with E-state index in [1.54, 1.807) is 30.3 Å². The Labute approximate surface area is 238 Å². The molecule has 0 saturated heterocycles. The van der Waals surface area contributed by atoms with Gasteiger partial charge in [0, 0.05) is 67.1 Å². The molecule has 4 N–H and O–H groups in total. The normalized spacial score (nSPS) is 15.9. The lowest BCUT2D eigenvalue weighted by Crippen LogP contribution is -2.43. The number of fused-ring (bicyclic) bond motifs is 4. The third kappa shape index (κ3) is 7.10. The molecule has 1 aliphatic carbocycles. The van der Waals surface area contributed by atoms with E-state index < -0.39 is 0 Å². The molecule has 0 radical (unpaired) electrons. The van der Waals surface area contributed by atoms with E-state index in [1.165, 1.54) is 12.1 Å². The lowest BCUT2D eigenvalue weighted by atomic mass is 9.83. The molecule has 0 fully saturated rings. The average Bonchev–Trinajstić information content (AvgIpc) is 3.00. The van der Waals surface area contributed by atoms with E-state index in [1.807, 2.05) is 18.2 Å². The zero-order chi connectivity index (χ0) is 28.6. The van der Waals surface area contributed by atoms with Crippen molar-refractivity contribution in [3.8, 4) is 0 Å². The zero-order valence-corrected chi connectivity index (χ0v) is 22.9. The first-order chi connectivity index (χ1) is 20.0.